The number of hydrogen-bond acceptors (Lipinski definition) is 6. The van der Waals surface area contributed by atoms with Gasteiger partial charge in [0, 0.05) is 16.8 Å². The molecule has 0 fully saturated rings. The molecular formula is C29H29N3O4. The molecule has 5 rings (SSSR count). The zero-order valence-corrected chi connectivity index (χ0v) is 20.1. The molecule has 0 unspecified atom stereocenters. The minimum absolute atomic E-state index is 0.151. The molecule has 0 saturated carbocycles. The SMILES string of the molecule is CC(C)(c1ccc(O)cc1)c1ccc(O)cc1.Nc1cccc(N)c1.O=C1NC(=O)c2ccccc21. The minimum atomic E-state index is -0.300. The Balaban J connectivity index is 0.000000163. The predicted octanol–water partition coefficient (Wildman–Crippen LogP) is 4.84. The zero-order chi connectivity index (χ0) is 26.3. The monoisotopic (exact) mass is 483 g/mol. The molecule has 7 N–H and O–H groups in total. The predicted molar refractivity (Wildman–Crippen MR) is 142 cm³/mol. The number of rotatable bonds is 2. The van der Waals surface area contributed by atoms with Crippen molar-refractivity contribution in [3.05, 3.63) is 119 Å². The Morgan fingerprint density at radius 2 is 1.00 bits per heavy atom. The van der Waals surface area contributed by atoms with E-state index < -0.39 is 0 Å². The lowest BCUT2D eigenvalue weighted by Crippen LogP contribution is -2.19. The summed E-state index contributed by atoms with van der Waals surface area (Å²) in [6.45, 7) is 4.23. The number of phenolic OH excluding ortho intramolecular Hbond substituents is 2. The van der Waals surface area contributed by atoms with Gasteiger partial charge in [-0.3, -0.25) is 14.9 Å². The number of carbonyl (C=O) groups is 2. The molecule has 0 aliphatic carbocycles. The summed E-state index contributed by atoms with van der Waals surface area (Å²) in [4.78, 5) is 21.9. The van der Waals surface area contributed by atoms with Gasteiger partial charge in [-0.05, 0) is 65.7 Å². The number of hydrogen-bond donors (Lipinski definition) is 5. The summed E-state index contributed by atoms with van der Waals surface area (Å²) in [6, 6.07) is 28.3. The third-order valence-corrected chi connectivity index (χ3v) is 5.73. The number of nitrogens with two attached hydrogens (primary N) is 2. The first-order valence-corrected chi connectivity index (χ1v) is 11.2. The Bertz CT molecular complexity index is 1250. The van der Waals surface area contributed by atoms with Gasteiger partial charge < -0.3 is 21.7 Å². The van der Waals surface area contributed by atoms with Crippen LogP contribution in [0.25, 0.3) is 0 Å². The third-order valence-electron chi connectivity index (χ3n) is 5.73. The van der Waals surface area contributed by atoms with E-state index in [1.807, 2.05) is 30.3 Å². The molecule has 0 aromatic heterocycles. The highest BCUT2D eigenvalue weighted by molar-refractivity contribution is 6.21. The lowest BCUT2D eigenvalue weighted by molar-refractivity contribution is 0.0879. The van der Waals surface area contributed by atoms with Gasteiger partial charge >= 0.3 is 0 Å². The second-order valence-electron chi connectivity index (χ2n) is 8.72. The average molecular weight is 484 g/mol. The van der Waals surface area contributed by atoms with Gasteiger partial charge in [0.05, 0.1) is 11.1 Å². The third kappa shape index (κ3) is 6.42. The van der Waals surface area contributed by atoms with Crippen LogP contribution >= 0.6 is 0 Å². The van der Waals surface area contributed by atoms with Crippen molar-refractivity contribution < 1.29 is 19.8 Å². The molecule has 0 atom stereocenters. The van der Waals surface area contributed by atoms with E-state index in [0.717, 1.165) is 11.1 Å². The van der Waals surface area contributed by atoms with Crippen LogP contribution in [0.1, 0.15) is 45.7 Å². The van der Waals surface area contributed by atoms with Crippen LogP contribution < -0.4 is 16.8 Å². The smallest absolute Gasteiger partial charge is 0.258 e. The van der Waals surface area contributed by atoms with Gasteiger partial charge in [0.1, 0.15) is 11.5 Å². The van der Waals surface area contributed by atoms with Crippen molar-refractivity contribution in [2.24, 2.45) is 0 Å². The van der Waals surface area contributed by atoms with Crippen molar-refractivity contribution in [3.8, 4) is 11.5 Å². The Kier molecular flexibility index (Phi) is 7.96. The number of anilines is 2. The van der Waals surface area contributed by atoms with E-state index in [9.17, 15) is 19.8 Å². The number of amides is 2. The number of phenols is 2. The van der Waals surface area contributed by atoms with Gasteiger partial charge in [0.2, 0.25) is 0 Å². The quantitative estimate of drug-likeness (QED) is 0.204. The van der Waals surface area contributed by atoms with E-state index in [0.29, 0.717) is 22.5 Å². The molecule has 1 heterocycles. The summed E-state index contributed by atoms with van der Waals surface area (Å²) < 4.78 is 0. The standard InChI is InChI=1S/C15H16O2.C8H5NO2.C6H8N2/c1-15(2,11-3-7-13(16)8-4-11)12-5-9-14(17)10-6-12;10-7-5-3-1-2-4-6(5)8(11)9-7;7-5-2-1-3-6(8)4-5/h3-10,16-17H,1-2H3;1-4H,(H,9,10,11);1-4H,7-8H2. The maximum Gasteiger partial charge on any atom is 0.258 e. The van der Waals surface area contributed by atoms with Crippen LogP contribution in [0.4, 0.5) is 11.4 Å². The van der Waals surface area contributed by atoms with E-state index in [4.69, 9.17) is 11.5 Å². The first kappa shape index (κ1) is 25.8. The van der Waals surface area contributed by atoms with Gasteiger partial charge in [0.15, 0.2) is 0 Å². The molecule has 0 spiro atoms. The number of imide groups is 1. The number of nitrogen functional groups attached to an aromatic ring is 2. The molecule has 2 amide bonds. The Morgan fingerprint density at radius 1 is 0.611 bits per heavy atom. The van der Waals surface area contributed by atoms with Crippen molar-refractivity contribution in [1.29, 1.82) is 0 Å². The lowest BCUT2D eigenvalue weighted by Gasteiger charge is -2.26. The molecule has 0 bridgehead atoms. The van der Waals surface area contributed by atoms with Crippen molar-refractivity contribution in [3.63, 3.8) is 0 Å². The molecule has 7 heteroatoms. The van der Waals surface area contributed by atoms with E-state index in [1.54, 1.807) is 66.7 Å². The highest BCUT2D eigenvalue weighted by Gasteiger charge is 2.25. The molecule has 184 valence electrons. The van der Waals surface area contributed by atoms with Crippen LogP contribution in [0.5, 0.6) is 11.5 Å². The van der Waals surface area contributed by atoms with Crippen molar-refractivity contribution in [2.75, 3.05) is 11.5 Å². The summed E-state index contributed by atoms with van der Waals surface area (Å²) in [5.41, 5.74) is 15.2. The molecule has 7 nitrogen and oxygen atoms in total. The molecule has 1 aliphatic rings. The minimum Gasteiger partial charge on any atom is -0.508 e. The van der Waals surface area contributed by atoms with Gasteiger partial charge in [-0.25, -0.2) is 0 Å². The highest BCUT2D eigenvalue weighted by atomic mass is 16.3. The summed E-state index contributed by atoms with van der Waals surface area (Å²) >= 11 is 0. The van der Waals surface area contributed by atoms with Crippen LogP contribution in [0.15, 0.2) is 97.1 Å². The normalized spacial score (nSPS) is 11.8. The summed E-state index contributed by atoms with van der Waals surface area (Å²) in [7, 11) is 0. The van der Waals surface area contributed by atoms with E-state index >= 15 is 0 Å². The molecule has 36 heavy (non-hydrogen) atoms. The van der Waals surface area contributed by atoms with Crippen LogP contribution in [0.2, 0.25) is 0 Å². The number of carbonyl (C=O) groups excluding carboxylic acids is 2. The number of fused-ring (bicyclic) bond motifs is 1. The van der Waals surface area contributed by atoms with Crippen LogP contribution in [0.3, 0.4) is 0 Å². The van der Waals surface area contributed by atoms with Gasteiger partial charge in [-0.1, -0.05) is 56.3 Å². The fraction of sp³-hybridized carbons (Fsp3) is 0.103. The number of nitrogens with one attached hydrogen (secondary N) is 1. The molecular weight excluding hydrogens is 454 g/mol. The molecule has 4 aromatic rings. The van der Waals surface area contributed by atoms with Gasteiger partial charge in [-0.15, -0.1) is 0 Å². The molecule has 0 radical (unpaired) electrons. The Labute approximate surface area is 210 Å². The van der Waals surface area contributed by atoms with E-state index in [1.165, 1.54) is 0 Å². The van der Waals surface area contributed by atoms with Gasteiger partial charge in [0.25, 0.3) is 11.8 Å². The molecule has 1 aliphatic heterocycles. The zero-order valence-electron chi connectivity index (χ0n) is 20.1. The lowest BCUT2D eigenvalue weighted by atomic mass is 9.78. The van der Waals surface area contributed by atoms with Crippen LogP contribution in [0, 0.1) is 0 Å². The fourth-order valence-electron chi connectivity index (χ4n) is 3.60. The molecule has 0 saturated heterocycles. The van der Waals surface area contributed by atoms with Crippen molar-refractivity contribution >= 4 is 23.2 Å². The first-order valence-electron chi connectivity index (χ1n) is 11.2. The highest BCUT2D eigenvalue weighted by Crippen LogP contribution is 2.32. The largest absolute Gasteiger partial charge is 0.508 e. The number of aromatic hydroxyl groups is 2. The summed E-state index contributed by atoms with van der Waals surface area (Å²) in [6.07, 6.45) is 0. The summed E-state index contributed by atoms with van der Waals surface area (Å²) in [5.74, 6) is -0.0540. The maximum atomic E-state index is 10.9. The average Bonchev–Trinajstić information content (AvgIpc) is 3.14. The van der Waals surface area contributed by atoms with E-state index in [2.05, 4.69) is 19.2 Å². The molecule has 4 aromatic carbocycles. The second-order valence-corrected chi connectivity index (χ2v) is 8.72. The Morgan fingerprint density at radius 3 is 1.33 bits per heavy atom. The topological polar surface area (TPSA) is 139 Å². The van der Waals surface area contributed by atoms with Crippen LogP contribution in [-0.2, 0) is 5.41 Å². The maximum absolute atomic E-state index is 10.9. The van der Waals surface area contributed by atoms with Gasteiger partial charge in [-0.2, -0.15) is 0 Å². The summed E-state index contributed by atoms with van der Waals surface area (Å²) in [5, 5.41) is 20.8. The van der Waals surface area contributed by atoms with E-state index in [-0.39, 0.29) is 28.7 Å². The second kappa shape index (κ2) is 11.1. The first-order chi connectivity index (χ1) is 17.1. The van der Waals surface area contributed by atoms with Crippen molar-refractivity contribution in [2.45, 2.75) is 19.3 Å². The van der Waals surface area contributed by atoms with Crippen LogP contribution in [-0.4, -0.2) is 22.0 Å². The van der Waals surface area contributed by atoms with Crippen molar-refractivity contribution in [1.82, 2.24) is 5.32 Å². The number of benzene rings is 4. The Hall–Kier alpha value is -4.78. The fourth-order valence-corrected chi connectivity index (χ4v) is 3.60.